The van der Waals surface area contributed by atoms with Crippen LogP contribution in [0.5, 0.6) is 5.75 Å². The monoisotopic (exact) mass is 264 g/mol. The molecule has 1 heterocycles. The average Bonchev–Trinajstić information content (AvgIpc) is 2.86. The highest BCUT2D eigenvalue weighted by atomic mass is 19.1. The maximum absolute atomic E-state index is 13.6. The van der Waals surface area contributed by atoms with E-state index in [4.69, 9.17) is 4.74 Å². The second kappa shape index (κ2) is 5.84. The molecule has 102 valence electrons. The number of ether oxygens (including phenoxy) is 1. The predicted octanol–water partition coefficient (Wildman–Crippen LogP) is 2.52. The molecule has 2 aromatic rings. The number of aryl methyl sites for hydroxylation is 1. The second-order valence-electron chi connectivity index (χ2n) is 4.28. The standard InChI is InChI=1S/C14H17FN2O2/c1-3-7-17-8-6-16-14(17)13(18)10-4-5-12(19-2)11(15)9-10/h4-6,8-9,13,18H,3,7H2,1-2H3. The lowest BCUT2D eigenvalue weighted by Gasteiger charge is -2.14. The van der Waals surface area contributed by atoms with Gasteiger partial charge in [-0.1, -0.05) is 13.0 Å². The third kappa shape index (κ3) is 2.76. The molecule has 0 spiro atoms. The van der Waals surface area contributed by atoms with Gasteiger partial charge in [-0.3, -0.25) is 0 Å². The highest BCUT2D eigenvalue weighted by Crippen LogP contribution is 2.25. The summed E-state index contributed by atoms with van der Waals surface area (Å²) in [6, 6.07) is 4.41. The van der Waals surface area contributed by atoms with Gasteiger partial charge in [0.2, 0.25) is 0 Å². The van der Waals surface area contributed by atoms with Crippen LogP contribution in [-0.2, 0) is 6.54 Å². The highest BCUT2D eigenvalue weighted by Gasteiger charge is 2.17. The Hall–Kier alpha value is -1.88. The van der Waals surface area contributed by atoms with Gasteiger partial charge in [0, 0.05) is 18.9 Å². The van der Waals surface area contributed by atoms with Crippen molar-refractivity contribution in [1.82, 2.24) is 9.55 Å². The van der Waals surface area contributed by atoms with E-state index in [1.165, 1.54) is 19.2 Å². The fraction of sp³-hybridized carbons (Fsp3) is 0.357. The summed E-state index contributed by atoms with van der Waals surface area (Å²) in [5, 5.41) is 10.3. The van der Waals surface area contributed by atoms with E-state index in [0.717, 1.165) is 13.0 Å². The Labute approximate surface area is 111 Å². The molecule has 1 N–H and O–H groups in total. The minimum atomic E-state index is -0.943. The maximum atomic E-state index is 13.6. The van der Waals surface area contributed by atoms with E-state index in [1.54, 1.807) is 12.3 Å². The summed E-state index contributed by atoms with van der Waals surface area (Å²) in [6.07, 6.45) is 3.44. The molecule has 19 heavy (non-hydrogen) atoms. The SMILES string of the molecule is CCCn1ccnc1C(O)c1ccc(OC)c(F)c1. The summed E-state index contributed by atoms with van der Waals surface area (Å²) in [6.45, 7) is 2.81. The fourth-order valence-corrected chi connectivity index (χ4v) is 2.00. The number of imidazole rings is 1. The van der Waals surface area contributed by atoms with Crippen molar-refractivity contribution in [3.05, 3.63) is 47.8 Å². The van der Waals surface area contributed by atoms with E-state index < -0.39 is 11.9 Å². The predicted molar refractivity (Wildman–Crippen MR) is 69.5 cm³/mol. The normalized spacial score (nSPS) is 12.4. The van der Waals surface area contributed by atoms with Crippen LogP contribution < -0.4 is 4.74 Å². The molecule has 1 atom stereocenters. The van der Waals surface area contributed by atoms with Crippen LogP contribution in [0.1, 0.15) is 30.8 Å². The van der Waals surface area contributed by atoms with Crippen molar-refractivity contribution < 1.29 is 14.2 Å². The van der Waals surface area contributed by atoms with E-state index in [0.29, 0.717) is 11.4 Å². The van der Waals surface area contributed by atoms with Crippen LogP contribution in [-0.4, -0.2) is 21.8 Å². The smallest absolute Gasteiger partial charge is 0.165 e. The van der Waals surface area contributed by atoms with Crippen LogP contribution in [0.15, 0.2) is 30.6 Å². The Morgan fingerprint density at radius 3 is 2.89 bits per heavy atom. The van der Waals surface area contributed by atoms with Gasteiger partial charge in [0.15, 0.2) is 11.6 Å². The van der Waals surface area contributed by atoms with Gasteiger partial charge in [-0.25, -0.2) is 9.37 Å². The van der Waals surface area contributed by atoms with E-state index >= 15 is 0 Å². The van der Waals surface area contributed by atoms with Crippen molar-refractivity contribution in [1.29, 1.82) is 0 Å². The van der Waals surface area contributed by atoms with Gasteiger partial charge in [-0.2, -0.15) is 0 Å². The Bertz CT molecular complexity index is 554. The van der Waals surface area contributed by atoms with Crippen molar-refractivity contribution >= 4 is 0 Å². The van der Waals surface area contributed by atoms with Gasteiger partial charge in [-0.05, 0) is 24.1 Å². The van der Waals surface area contributed by atoms with Gasteiger partial charge in [0.25, 0.3) is 0 Å². The number of hydrogen-bond acceptors (Lipinski definition) is 3. The summed E-state index contributed by atoms with van der Waals surface area (Å²) in [5.41, 5.74) is 0.460. The zero-order valence-electron chi connectivity index (χ0n) is 11.0. The number of aliphatic hydroxyl groups is 1. The fourth-order valence-electron chi connectivity index (χ4n) is 2.00. The third-order valence-electron chi connectivity index (χ3n) is 2.95. The molecular formula is C14H17FN2O2. The Morgan fingerprint density at radius 1 is 1.47 bits per heavy atom. The molecule has 2 rings (SSSR count). The lowest BCUT2D eigenvalue weighted by Crippen LogP contribution is -2.10. The van der Waals surface area contributed by atoms with Crippen molar-refractivity contribution in [3.63, 3.8) is 0 Å². The van der Waals surface area contributed by atoms with E-state index in [-0.39, 0.29) is 5.75 Å². The summed E-state index contributed by atoms with van der Waals surface area (Å²) < 4.78 is 20.4. The molecule has 0 saturated carbocycles. The zero-order valence-corrected chi connectivity index (χ0v) is 11.0. The molecule has 0 bridgehead atoms. The zero-order chi connectivity index (χ0) is 13.8. The van der Waals surface area contributed by atoms with Crippen molar-refractivity contribution in [2.24, 2.45) is 0 Å². The van der Waals surface area contributed by atoms with Crippen LogP contribution in [0.4, 0.5) is 4.39 Å². The van der Waals surface area contributed by atoms with Crippen LogP contribution in [0.25, 0.3) is 0 Å². The van der Waals surface area contributed by atoms with Gasteiger partial charge < -0.3 is 14.4 Å². The lowest BCUT2D eigenvalue weighted by atomic mass is 10.1. The number of nitrogens with zero attached hydrogens (tertiary/aromatic N) is 2. The first-order chi connectivity index (χ1) is 9.17. The van der Waals surface area contributed by atoms with Crippen LogP contribution >= 0.6 is 0 Å². The average molecular weight is 264 g/mol. The number of aliphatic hydroxyl groups excluding tert-OH is 1. The molecule has 1 aromatic heterocycles. The Morgan fingerprint density at radius 2 is 2.26 bits per heavy atom. The summed E-state index contributed by atoms with van der Waals surface area (Å²) >= 11 is 0. The van der Waals surface area contributed by atoms with Crippen molar-refractivity contribution in [2.75, 3.05) is 7.11 Å². The van der Waals surface area contributed by atoms with Crippen LogP contribution in [0.3, 0.4) is 0 Å². The number of rotatable bonds is 5. The molecule has 0 fully saturated rings. The Kier molecular flexibility index (Phi) is 4.16. The molecule has 0 amide bonds. The lowest BCUT2D eigenvalue weighted by molar-refractivity contribution is 0.203. The topological polar surface area (TPSA) is 47.3 Å². The van der Waals surface area contributed by atoms with Gasteiger partial charge in [-0.15, -0.1) is 0 Å². The molecule has 1 aromatic carbocycles. The molecule has 0 aliphatic rings. The molecule has 0 aliphatic carbocycles. The first kappa shape index (κ1) is 13.5. The van der Waals surface area contributed by atoms with Crippen LogP contribution in [0.2, 0.25) is 0 Å². The van der Waals surface area contributed by atoms with E-state index in [2.05, 4.69) is 4.98 Å². The molecular weight excluding hydrogens is 247 g/mol. The largest absolute Gasteiger partial charge is 0.494 e. The van der Waals surface area contributed by atoms with Crippen LogP contribution in [0, 0.1) is 5.82 Å². The Balaban J connectivity index is 2.30. The first-order valence-corrected chi connectivity index (χ1v) is 6.20. The molecule has 0 radical (unpaired) electrons. The number of aromatic nitrogens is 2. The number of benzene rings is 1. The quantitative estimate of drug-likeness (QED) is 0.902. The number of hydrogen-bond donors (Lipinski definition) is 1. The van der Waals surface area contributed by atoms with E-state index in [1.807, 2.05) is 17.7 Å². The maximum Gasteiger partial charge on any atom is 0.165 e. The van der Waals surface area contributed by atoms with Crippen molar-refractivity contribution in [3.8, 4) is 5.75 Å². The number of halogens is 1. The highest BCUT2D eigenvalue weighted by molar-refractivity contribution is 5.32. The first-order valence-electron chi connectivity index (χ1n) is 6.20. The molecule has 5 heteroatoms. The van der Waals surface area contributed by atoms with Crippen molar-refractivity contribution in [2.45, 2.75) is 26.0 Å². The molecule has 4 nitrogen and oxygen atoms in total. The van der Waals surface area contributed by atoms with Gasteiger partial charge in [0.1, 0.15) is 11.9 Å². The van der Waals surface area contributed by atoms with E-state index in [9.17, 15) is 9.50 Å². The second-order valence-corrected chi connectivity index (χ2v) is 4.28. The summed E-state index contributed by atoms with van der Waals surface area (Å²) in [4.78, 5) is 4.14. The molecule has 0 aliphatic heterocycles. The summed E-state index contributed by atoms with van der Waals surface area (Å²) in [5.74, 6) is 0.187. The molecule has 0 saturated heterocycles. The van der Waals surface area contributed by atoms with Gasteiger partial charge in [0.05, 0.1) is 7.11 Å². The molecule has 1 unspecified atom stereocenters. The summed E-state index contributed by atoms with van der Waals surface area (Å²) in [7, 11) is 1.41. The minimum absolute atomic E-state index is 0.160. The minimum Gasteiger partial charge on any atom is -0.494 e. The third-order valence-corrected chi connectivity index (χ3v) is 2.95. The van der Waals surface area contributed by atoms with Gasteiger partial charge >= 0.3 is 0 Å². The number of methoxy groups -OCH3 is 1.